The summed E-state index contributed by atoms with van der Waals surface area (Å²) in [6.45, 7) is 11.7. The van der Waals surface area contributed by atoms with Crippen molar-refractivity contribution in [1.29, 1.82) is 0 Å². The van der Waals surface area contributed by atoms with Crippen LogP contribution >= 0.6 is 0 Å². The van der Waals surface area contributed by atoms with Gasteiger partial charge in [0, 0.05) is 6.42 Å². The Balaban J connectivity index is 0. The average molecular weight is 178 g/mol. The lowest BCUT2D eigenvalue weighted by molar-refractivity contribution is 0.0496. The van der Waals surface area contributed by atoms with E-state index in [-0.39, 0.29) is 12.2 Å². The van der Waals surface area contributed by atoms with Crippen molar-refractivity contribution >= 4 is 0 Å². The van der Waals surface area contributed by atoms with E-state index < -0.39 is 6.17 Å². The highest BCUT2D eigenvalue weighted by Crippen LogP contribution is 2.21. The van der Waals surface area contributed by atoms with Gasteiger partial charge in [-0.25, -0.2) is 4.39 Å². The van der Waals surface area contributed by atoms with Gasteiger partial charge in [-0.05, 0) is 13.8 Å². The van der Waals surface area contributed by atoms with Crippen LogP contribution in [0.1, 0.15) is 48.0 Å². The van der Waals surface area contributed by atoms with Crippen LogP contribution in [0, 0.1) is 0 Å². The first-order valence-corrected chi connectivity index (χ1v) is 4.99. The van der Waals surface area contributed by atoms with Crippen LogP contribution in [0.3, 0.4) is 0 Å². The van der Waals surface area contributed by atoms with Gasteiger partial charge in [0.25, 0.3) is 0 Å². The zero-order valence-corrected chi connectivity index (χ0v) is 9.23. The molecular weight excluding hydrogens is 155 g/mol. The highest BCUT2D eigenvalue weighted by atomic mass is 19.1. The van der Waals surface area contributed by atoms with E-state index in [4.69, 9.17) is 4.74 Å². The molecule has 76 valence electrons. The molecule has 1 rings (SSSR count). The maximum Gasteiger partial charge on any atom is 0.128 e. The first kappa shape index (κ1) is 14.4. The molecule has 0 amide bonds. The number of alkyl halides is 1. The summed E-state index contributed by atoms with van der Waals surface area (Å²) in [4.78, 5) is 0. The molecule has 0 aromatic rings. The number of halogens is 1. The Morgan fingerprint density at radius 3 is 1.58 bits per heavy atom. The highest BCUT2D eigenvalue weighted by Gasteiger charge is 2.28. The minimum Gasteiger partial charge on any atom is -0.372 e. The summed E-state index contributed by atoms with van der Waals surface area (Å²) in [7, 11) is 0. The number of hydrogen-bond acceptors (Lipinski definition) is 1. The zero-order chi connectivity index (χ0) is 10.1. The van der Waals surface area contributed by atoms with Gasteiger partial charge in [-0.1, -0.05) is 27.7 Å². The van der Waals surface area contributed by atoms with Crippen LogP contribution in [-0.2, 0) is 4.74 Å². The van der Waals surface area contributed by atoms with Crippen LogP contribution in [0.15, 0.2) is 0 Å². The quantitative estimate of drug-likeness (QED) is 0.551. The molecule has 0 spiro atoms. The predicted molar refractivity (Wildman–Crippen MR) is 52.2 cm³/mol. The van der Waals surface area contributed by atoms with Gasteiger partial charge in [0.15, 0.2) is 0 Å². The third kappa shape index (κ3) is 5.53. The third-order valence-corrected chi connectivity index (χ3v) is 1.51. The Bertz CT molecular complexity index is 75.9. The van der Waals surface area contributed by atoms with Crippen LogP contribution in [0.25, 0.3) is 0 Å². The van der Waals surface area contributed by atoms with E-state index in [1.807, 2.05) is 34.6 Å². The molecule has 0 aromatic heterocycles. The lowest BCUT2D eigenvalue weighted by Crippen LogP contribution is -2.10. The van der Waals surface area contributed by atoms with Crippen molar-refractivity contribution in [3.63, 3.8) is 0 Å². The number of hydrogen-bond donors (Lipinski definition) is 0. The fourth-order valence-corrected chi connectivity index (χ4v) is 1.02. The second-order valence-electron chi connectivity index (χ2n) is 2.40. The minimum atomic E-state index is -0.731. The second-order valence-corrected chi connectivity index (χ2v) is 2.40. The fraction of sp³-hybridized carbons (Fsp3) is 1.00. The summed E-state index contributed by atoms with van der Waals surface area (Å²) in [6, 6.07) is 0. The van der Waals surface area contributed by atoms with E-state index in [1.54, 1.807) is 6.92 Å². The molecule has 0 aliphatic carbocycles. The third-order valence-electron chi connectivity index (χ3n) is 1.51. The second kappa shape index (κ2) is 8.98. The average Bonchev–Trinajstić information content (AvgIpc) is 2.37. The van der Waals surface area contributed by atoms with Crippen molar-refractivity contribution in [2.45, 2.75) is 66.3 Å². The van der Waals surface area contributed by atoms with E-state index in [0.29, 0.717) is 6.42 Å². The normalized spacial score (nSPS) is 32.8. The van der Waals surface area contributed by atoms with E-state index in [2.05, 4.69) is 0 Å². The highest BCUT2D eigenvalue weighted by molar-refractivity contribution is 4.76. The molecule has 2 heteroatoms. The SMILES string of the molecule is CC.CC.CC1CC(F)C(C)O1. The zero-order valence-electron chi connectivity index (χ0n) is 9.23. The van der Waals surface area contributed by atoms with Gasteiger partial charge >= 0.3 is 0 Å². The van der Waals surface area contributed by atoms with Crippen LogP contribution in [0.4, 0.5) is 4.39 Å². The summed E-state index contributed by atoms with van der Waals surface area (Å²) in [5.74, 6) is 0. The van der Waals surface area contributed by atoms with E-state index in [9.17, 15) is 4.39 Å². The van der Waals surface area contributed by atoms with Gasteiger partial charge in [0.1, 0.15) is 6.17 Å². The first-order valence-electron chi connectivity index (χ1n) is 4.99. The van der Waals surface area contributed by atoms with Crippen molar-refractivity contribution in [1.82, 2.24) is 0 Å². The monoisotopic (exact) mass is 178 g/mol. The van der Waals surface area contributed by atoms with E-state index >= 15 is 0 Å². The largest absolute Gasteiger partial charge is 0.372 e. The maximum absolute atomic E-state index is 12.4. The molecule has 1 saturated heterocycles. The Labute approximate surface area is 76.3 Å². The summed E-state index contributed by atoms with van der Waals surface area (Å²) in [5.41, 5.74) is 0. The standard InChI is InChI=1S/C6H11FO.2C2H6/c1-4-3-6(7)5(2)8-4;2*1-2/h4-6H,3H2,1-2H3;2*1-2H3. The van der Waals surface area contributed by atoms with E-state index in [1.165, 1.54) is 0 Å². The summed E-state index contributed by atoms with van der Waals surface area (Å²) in [6.07, 6.45) is -0.212. The van der Waals surface area contributed by atoms with Gasteiger partial charge in [-0.15, -0.1) is 0 Å². The smallest absolute Gasteiger partial charge is 0.128 e. The molecule has 1 aliphatic heterocycles. The Morgan fingerprint density at radius 1 is 1.08 bits per heavy atom. The summed E-state index contributed by atoms with van der Waals surface area (Å²) < 4.78 is 17.5. The van der Waals surface area contributed by atoms with Gasteiger partial charge in [0.05, 0.1) is 12.2 Å². The molecule has 1 fully saturated rings. The topological polar surface area (TPSA) is 9.23 Å². The molecular formula is C10H23FO. The van der Waals surface area contributed by atoms with Gasteiger partial charge < -0.3 is 4.74 Å². The molecule has 1 heterocycles. The van der Waals surface area contributed by atoms with E-state index in [0.717, 1.165) is 0 Å². The van der Waals surface area contributed by atoms with Gasteiger partial charge in [-0.3, -0.25) is 0 Å². The molecule has 0 aromatic carbocycles. The Hall–Kier alpha value is -0.110. The lowest BCUT2D eigenvalue weighted by Gasteiger charge is -2.02. The van der Waals surface area contributed by atoms with Crippen LogP contribution < -0.4 is 0 Å². The lowest BCUT2D eigenvalue weighted by atomic mass is 10.2. The fourth-order valence-electron chi connectivity index (χ4n) is 1.02. The first-order chi connectivity index (χ1) is 5.70. The van der Waals surface area contributed by atoms with Crippen molar-refractivity contribution in [2.24, 2.45) is 0 Å². The molecule has 3 unspecified atom stereocenters. The Morgan fingerprint density at radius 2 is 1.50 bits per heavy atom. The summed E-state index contributed by atoms with van der Waals surface area (Å²) in [5, 5.41) is 0. The Kier molecular flexibility index (Phi) is 10.8. The molecule has 3 atom stereocenters. The van der Waals surface area contributed by atoms with Crippen LogP contribution in [0.2, 0.25) is 0 Å². The van der Waals surface area contributed by atoms with Crippen molar-refractivity contribution < 1.29 is 9.13 Å². The summed E-state index contributed by atoms with van der Waals surface area (Å²) >= 11 is 0. The predicted octanol–water partition coefficient (Wildman–Crippen LogP) is 3.57. The van der Waals surface area contributed by atoms with Crippen molar-refractivity contribution in [3.05, 3.63) is 0 Å². The molecule has 1 aliphatic rings. The molecule has 0 bridgehead atoms. The molecule has 0 saturated carbocycles. The van der Waals surface area contributed by atoms with Gasteiger partial charge in [0.2, 0.25) is 0 Å². The minimum absolute atomic E-state index is 0.125. The molecule has 1 nitrogen and oxygen atoms in total. The number of rotatable bonds is 0. The molecule has 0 radical (unpaired) electrons. The van der Waals surface area contributed by atoms with Crippen molar-refractivity contribution in [3.8, 4) is 0 Å². The van der Waals surface area contributed by atoms with Crippen molar-refractivity contribution in [2.75, 3.05) is 0 Å². The maximum atomic E-state index is 12.4. The molecule has 0 N–H and O–H groups in total. The van der Waals surface area contributed by atoms with Gasteiger partial charge in [-0.2, -0.15) is 0 Å². The van der Waals surface area contributed by atoms with Crippen LogP contribution in [0.5, 0.6) is 0 Å². The number of ether oxygens (including phenoxy) is 1. The molecule has 12 heavy (non-hydrogen) atoms. The van der Waals surface area contributed by atoms with Crippen LogP contribution in [-0.4, -0.2) is 18.4 Å².